The molecule has 8 nitrogen and oxygen atoms in total. The van der Waals surface area contributed by atoms with Gasteiger partial charge in [-0.1, -0.05) is 5.16 Å². The first-order chi connectivity index (χ1) is 13.9. The van der Waals surface area contributed by atoms with Gasteiger partial charge in [-0.15, -0.1) is 0 Å². The molecular weight excluding hydrogens is 370 g/mol. The molecule has 2 aromatic heterocycles. The fourth-order valence-electron chi connectivity index (χ4n) is 4.53. The zero-order valence-corrected chi connectivity index (χ0v) is 17.4. The molecule has 156 valence electrons. The van der Waals surface area contributed by atoms with E-state index in [1.165, 1.54) is 0 Å². The SMILES string of the molecule is Cc1noc(C)c1C(=O)N1CCCC(c2cc(=O)[nH]c(C3CCN(C)CC3)n2)C1. The summed E-state index contributed by atoms with van der Waals surface area (Å²) in [4.78, 5) is 37.3. The number of H-pyrrole nitrogens is 1. The Bertz CT molecular complexity index is 923. The van der Waals surface area contributed by atoms with E-state index in [2.05, 4.69) is 22.1 Å². The van der Waals surface area contributed by atoms with E-state index >= 15 is 0 Å². The van der Waals surface area contributed by atoms with E-state index in [0.29, 0.717) is 36.0 Å². The molecule has 4 rings (SSSR count). The number of carbonyl (C=O) groups is 1. The average Bonchev–Trinajstić information content (AvgIpc) is 3.06. The van der Waals surface area contributed by atoms with E-state index < -0.39 is 0 Å². The molecule has 0 radical (unpaired) electrons. The third-order valence-electron chi connectivity index (χ3n) is 6.26. The van der Waals surface area contributed by atoms with Crippen LogP contribution >= 0.6 is 0 Å². The zero-order chi connectivity index (χ0) is 20.5. The van der Waals surface area contributed by atoms with Crippen molar-refractivity contribution >= 4 is 5.91 Å². The minimum absolute atomic E-state index is 0.0497. The Balaban J connectivity index is 1.54. The maximum absolute atomic E-state index is 13.0. The van der Waals surface area contributed by atoms with Gasteiger partial charge in [-0.2, -0.15) is 0 Å². The number of hydrogen-bond acceptors (Lipinski definition) is 6. The normalized spacial score (nSPS) is 21.5. The summed E-state index contributed by atoms with van der Waals surface area (Å²) >= 11 is 0. The zero-order valence-electron chi connectivity index (χ0n) is 17.4. The number of aromatic amines is 1. The number of piperidine rings is 2. The molecule has 0 bridgehead atoms. The molecule has 2 saturated heterocycles. The maximum atomic E-state index is 13.0. The molecule has 4 heterocycles. The number of nitrogens with one attached hydrogen (secondary N) is 1. The lowest BCUT2D eigenvalue weighted by molar-refractivity contribution is 0.0703. The predicted molar refractivity (Wildman–Crippen MR) is 108 cm³/mol. The molecule has 2 aromatic rings. The van der Waals surface area contributed by atoms with Gasteiger partial charge in [0.2, 0.25) is 0 Å². The van der Waals surface area contributed by atoms with Crippen LogP contribution in [0.1, 0.15) is 70.8 Å². The Morgan fingerprint density at radius 2 is 1.93 bits per heavy atom. The second kappa shape index (κ2) is 8.10. The average molecular weight is 399 g/mol. The molecule has 2 fully saturated rings. The van der Waals surface area contributed by atoms with E-state index in [9.17, 15) is 9.59 Å². The van der Waals surface area contributed by atoms with E-state index in [1.807, 2.05) is 4.90 Å². The van der Waals surface area contributed by atoms with Crippen LogP contribution in [-0.4, -0.2) is 64.1 Å². The highest BCUT2D eigenvalue weighted by Gasteiger charge is 2.30. The molecule has 2 aliphatic heterocycles. The summed E-state index contributed by atoms with van der Waals surface area (Å²) in [5.41, 5.74) is 1.88. The number of carbonyl (C=O) groups excluding carboxylic acids is 1. The largest absolute Gasteiger partial charge is 0.361 e. The van der Waals surface area contributed by atoms with Crippen LogP contribution in [0.3, 0.4) is 0 Å². The van der Waals surface area contributed by atoms with Crippen molar-refractivity contribution in [2.75, 3.05) is 33.2 Å². The van der Waals surface area contributed by atoms with Crippen molar-refractivity contribution in [2.24, 2.45) is 0 Å². The van der Waals surface area contributed by atoms with Gasteiger partial charge in [-0.25, -0.2) is 4.98 Å². The molecule has 0 spiro atoms. The van der Waals surface area contributed by atoms with Gasteiger partial charge in [-0.05, 0) is 59.7 Å². The molecule has 0 saturated carbocycles. The second-order valence-corrected chi connectivity index (χ2v) is 8.42. The summed E-state index contributed by atoms with van der Waals surface area (Å²) in [5, 5.41) is 3.91. The van der Waals surface area contributed by atoms with Gasteiger partial charge in [0.25, 0.3) is 11.5 Å². The van der Waals surface area contributed by atoms with Crippen LogP contribution in [0.5, 0.6) is 0 Å². The van der Waals surface area contributed by atoms with Gasteiger partial charge in [0, 0.05) is 31.0 Å². The Kier molecular flexibility index (Phi) is 5.54. The van der Waals surface area contributed by atoms with E-state index in [4.69, 9.17) is 9.51 Å². The first-order valence-electron chi connectivity index (χ1n) is 10.4. The van der Waals surface area contributed by atoms with Gasteiger partial charge >= 0.3 is 0 Å². The third kappa shape index (κ3) is 4.12. The Morgan fingerprint density at radius 3 is 2.62 bits per heavy atom. The number of amides is 1. The van der Waals surface area contributed by atoms with E-state index in [1.54, 1.807) is 19.9 Å². The van der Waals surface area contributed by atoms with Crippen LogP contribution in [0, 0.1) is 13.8 Å². The number of rotatable bonds is 3. The lowest BCUT2D eigenvalue weighted by atomic mass is 9.92. The van der Waals surface area contributed by atoms with Gasteiger partial charge in [0.1, 0.15) is 17.1 Å². The Labute approximate surface area is 170 Å². The van der Waals surface area contributed by atoms with Gasteiger partial charge in [0.15, 0.2) is 0 Å². The van der Waals surface area contributed by atoms with Gasteiger partial charge in [0.05, 0.1) is 11.4 Å². The number of likely N-dealkylation sites (tertiary alicyclic amines) is 2. The summed E-state index contributed by atoms with van der Waals surface area (Å²) in [5.74, 6) is 1.66. The summed E-state index contributed by atoms with van der Waals surface area (Å²) in [6.45, 7) is 6.85. The molecule has 1 amide bonds. The highest BCUT2D eigenvalue weighted by Crippen LogP contribution is 2.29. The van der Waals surface area contributed by atoms with Crippen LogP contribution < -0.4 is 5.56 Å². The summed E-state index contributed by atoms with van der Waals surface area (Å²) in [6.07, 6.45) is 3.82. The monoisotopic (exact) mass is 399 g/mol. The number of aromatic nitrogens is 3. The van der Waals surface area contributed by atoms with E-state index in [0.717, 1.165) is 50.3 Å². The summed E-state index contributed by atoms with van der Waals surface area (Å²) < 4.78 is 5.17. The molecule has 1 atom stereocenters. The summed E-state index contributed by atoms with van der Waals surface area (Å²) in [6, 6.07) is 1.60. The van der Waals surface area contributed by atoms with E-state index in [-0.39, 0.29) is 17.4 Å². The fourth-order valence-corrected chi connectivity index (χ4v) is 4.53. The molecule has 8 heteroatoms. The molecule has 1 N–H and O–H groups in total. The fraction of sp³-hybridized carbons (Fsp3) is 0.619. The van der Waals surface area contributed by atoms with Crippen molar-refractivity contribution in [3.8, 4) is 0 Å². The highest BCUT2D eigenvalue weighted by atomic mass is 16.5. The molecular formula is C21H29N5O3. The van der Waals surface area contributed by atoms with Crippen molar-refractivity contribution in [1.82, 2.24) is 24.9 Å². The van der Waals surface area contributed by atoms with Crippen molar-refractivity contribution in [3.63, 3.8) is 0 Å². The minimum atomic E-state index is -0.0990. The molecule has 29 heavy (non-hydrogen) atoms. The summed E-state index contributed by atoms with van der Waals surface area (Å²) in [7, 11) is 2.12. The van der Waals surface area contributed by atoms with Crippen LogP contribution in [0.4, 0.5) is 0 Å². The third-order valence-corrected chi connectivity index (χ3v) is 6.26. The maximum Gasteiger partial charge on any atom is 0.259 e. The van der Waals surface area contributed by atoms with Crippen molar-refractivity contribution in [2.45, 2.75) is 51.4 Å². The molecule has 1 unspecified atom stereocenters. The smallest absolute Gasteiger partial charge is 0.259 e. The minimum Gasteiger partial charge on any atom is -0.361 e. The lowest BCUT2D eigenvalue weighted by Gasteiger charge is -2.33. The number of nitrogens with zero attached hydrogens (tertiary/aromatic N) is 4. The van der Waals surface area contributed by atoms with Gasteiger partial charge in [-0.3, -0.25) is 9.59 Å². The Morgan fingerprint density at radius 1 is 1.17 bits per heavy atom. The predicted octanol–water partition coefficient (Wildman–Crippen LogP) is 2.20. The first kappa shape index (κ1) is 19.8. The number of hydrogen-bond donors (Lipinski definition) is 1. The number of aryl methyl sites for hydroxylation is 2. The molecule has 0 aliphatic carbocycles. The molecule has 0 aromatic carbocycles. The lowest BCUT2D eigenvalue weighted by Crippen LogP contribution is -2.40. The van der Waals surface area contributed by atoms with Crippen molar-refractivity contribution < 1.29 is 9.32 Å². The Hall–Kier alpha value is -2.48. The van der Waals surface area contributed by atoms with Crippen LogP contribution in [0.25, 0.3) is 0 Å². The first-order valence-corrected chi connectivity index (χ1v) is 10.4. The van der Waals surface area contributed by atoms with Crippen LogP contribution in [0.2, 0.25) is 0 Å². The van der Waals surface area contributed by atoms with Crippen molar-refractivity contribution in [3.05, 3.63) is 45.0 Å². The standard InChI is InChI=1S/C21H29N5O3/c1-13-19(14(2)29-24-13)21(28)26-8-4-5-16(12-26)17-11-18(27)23-20(22-17)15-6-9-25(3)10-7-15/h11,15-16H,4-10,12H2,1-3H3,(H,22,23,27). The topological polar surface area (TPSA) is 95.3 Å². The van der Waals surface area contributed by atoms with Crippen molar-refractivity contribution in [1.29, 1.82) is 0 Å². The van der Waals surface area contributed by atoms with Gasteiger partial charge < -0.3 is 19.3 Å². The molecule has 2 aliphatic rings. The van der Waals surface area contributed by atoms with Crippen LogP contribution in [0.15, 0.2) is 15.4 Å². The van der Waals surface area contributed by atoms with Crippen LogP contribution in [-0.2, 0) is 0 Å². The second-order valence-electron chi connectivity index (χ2n) is 8.42. The quantitative estimate of drug-likeness (QED) is 0.850. The highest BCUT2D eigenvalue weighted by molar-refractivity contribution is 5.96.